The fraction of sp³-hybridized carbons (Fsp3) is 0.500. The van der Waals surface area contributed by atoms with Crippen LogP contribution in [0.4, 0.5) is 0 Å². The first-order valence-electron chi connectivity index (χ1n) is 7.82. The van der Waals surface area contributed by atoms with Crippen LogP contribution in [-0.4, -0.2) is 30.4 Å². The molecule has 0 spiro atoms. The Labute approximate surface area is 128 Å². The van der Waals surface area contributed by atoms with Gasteiger partial charge in [-0.3, -0.25) is 4.79 Å². The Kier molecular flexibility index (Phi) is 5.05. The van der Waals surface area contributed by atoms with Gasteiger partial charge in [0.1, 0.15) is 0 Å². The van der Waals surface area contributed by atoms with E-state index >= 15 is 0 Å². The molecule has 1 saturated heterocycles. The van der Waals surface area contributed by atoms with E-state index in [1.165, 1.54) is 5.57 Å². The molecule has 1 aliphatic carbocycles. The first-order chi connectivity index (χ1) is 10.1. The van der Waals surface area contributed by atoms with Crippen LogP contribution in [0, 0.1) is 5.92 Å². The zero-order chi connectivity index (χ0) is 15.4. The fourth-order valence-corrected chi connectivity index (χ4v) is 3.11. The Morgan fingerprint density at radius 2 is 2.38 bits per heavy atom. The van der Waals surface area contributed by atoms with E-state index in [1.807, 2.05) is 18.0 Å². The van der Waals surface area contributed by atoms with Crippen molar-refractivity contribution < 1.29 is 4.79 Å². The lowest BCUT2D eigenvalue weighted by molar-refractivity contribution is -0.126. The largest absolute Gasteiger partial charge is 0.390 e. The smallest absolute Gasteiger partial charge is 0.254 e. The third kappa shape index (κ3) is 3.12. The van der Waals surface area contributed by atoms with Gasteiger partial charge < -0.3 is 10.2 Å². The van der Waals surface area contributed by atoms with Gasteiger partial charge in [-0.1, -0.05) is 31.7 Å². The van der Waals surface area contributed by atoms with Gasteiger partial charge in [0.05, 0.1) is 6.04 Å². The predicted molar refractivity (Wildman–Crippen MR) is 87.7 cm³/mol. The average molecular weight is 286 g/mol. The lowest BCUT2D eigenvalue weighted by Crippen LogP contribution is -2.40. The molecule has 3 nitrogen and oxygen atoms in total. The van der Waals surface area contributed by atoms with Crippen LogP contribution in [0.15, 0.2) is 48.2 Å². The minimum Gasteiger partial charge on any atom is -0.390 e. The summed E-state index contributed by atoms with van der Waals surface area (Å²) in [7, 11) is 1.86. The summed E-state index contributed by atoms with van der Waals surface area (Å²) in [6.07, 6.45) is 10.2. The summed E-state index contributed by atoms with van der Waals surface area (Å²) in [5.41, 5.74) is 3.01. The van der Waals surface area contributed by atoms with Crippen LogP contribution >= 0.6 is 0 Å². The number of allylic oxidation sites excluding steroid dienone is 3. The highest BCUT2D eigenvalue weighted by Crippen LogP contribution is 2.34. The van der Waals surface area contributed by atoms with E-state index in [2.05, 4.69) is 37.6 Å². The Balaban J connectivity index is 2.21. The quantitative estimate of drug-likeness (QED) is 0.729. The molecule has 0 bridgehead atoms. The molecule has 21 heavy (non-hydrogen) atoms. The topological polar surface area (TPSA) is 32.3 Å². The van der Waals surface area contributed by atoms with Crippen molar-refractivity contribution in [3.05, 3.63) is 48.2 Å². The molecule has 3 heteroatoms. The zero-order valence-electron chi connectivity index (χ0n) is 13.2. The third-order valence-corrected chi connectivity index (χ3v) is 4.51. The molecular weight excluding hydrogens is 260 g/mol. The number of amides is 1. The fourth-order valence-electron chi connectivity index (χ4n) is 3.11. The van der Waals surface area contributed by atoms with Crippen molar-refractivity contribution in [3.8, 4) is 0 Å². The van der Waals surface area contributed by atoms with Gasteiger partial charge >= 0.3 is 0 Å². The maximum atomic E-state index is 12.7. The van der Waals surface area contributed by atoms with Gasteiger partial charge in [0.25, 0.3) is 5.91 Å². The van der Waals surface area contributed by atoms with Crippen molar-refractivity contribution in [1.82, 2.24) is 10.2 Å². The van der Waals surface area contributed by atoms with E-state index in [1.54, 1.807) is 0 Å². The maximum absolute atomic E-state index is 12.7. The standard InChI is InChI=1S/C18H26N2O/c1-5-7-8-17(13(3)19-4)20-12-15-11-14(6-2)9-10-16(15)18(20)21/h5,10-11,14,17,19H,1,3,6-9,12H2,2,4H3. The summed E-state index contributed by atoms with van der Waals surface area (Å²) in [4.78, 5) is 14.6. The molecule has 2 unspecified atom stereocenters. The molecule has 0 aromatic rings. The minimum absolute atomic E-state index is 0.0352. The number of hydrogen-bond donors (Lipinski definition) is 1. The van der Waals surface area contributed by atoms with Crippen LogP contribution in [0.2, 0.25) is 0 Å². The van der Waals surface area contributed by atoms with Gasteiger partial charge in [-0.05, 0) is 37.2 Å². The van der Waals surface area contributed by atoms with Crippen LogP contribution in [0.25, 0.3) is 0 Å². The number of rotatable bonds is 7. The lowest BCUT2D eigenvalue weighted by atomic mass is 9.90. The van der Waals surface area contributed by atoms with Crippen molar-refractivity contribution in [2.45, 2.75) is 38.6 Å². The molecule has 1 amide bonds. The summed E-state index contributed by atoms with van der Waals surface area (Å²) >= 11 is 0. The molecule has 0 saturated carbocycles. The molecule has 114 valence electrons. The molecule has 2 atom stereocenters. The van der Waals surface area contributed by atoms with Crippen molar-refractivity contribution >= 4 is 5.91 Å². The molecule has 2 rings (SSSR count). The Hall–Kier alpha value is -1.77. The number of carbonyl (C=O) groups excluding carboxylic acids is 1. The second-order valence-corrected chi connectivity index (χ2v) is 5.80. The molecule has 1 fully saturated rings. The van der Waals surface area contributed by atoms with Crippen LogP contribution in [-0.2, 0) is 4.79 Å². The van der Waals surface area contributed by atoms with Crippen molar-refractivity contribution in [1.29, 1.82) is 0 Å². The number of likely N-dealkylation sites (tertiary alicyclic amines) is 1. The van der Waals surface area contributed by atoms with Gasteiger partial charge in [-0.25, -0.2) is 0 Å². The van der Waals surface area contributed by atoms with Crippen LogP contribution in [0.3, 0.4) is 0 Å². The summed E-state index contributed by atoms with van der Waals surface area (Å²) in [5, 5.41) is 3.11. The second-order valence-electron chi connectivity index (χ2n) is 5.80. The Morgan fingerprint density at radius 3 is 3.00 bits per heavy atom. The van der Waals surface area contributed by atoms with Gasteiger partial charge in [0.15, 0.2) is 0 Å². The van der Waals surface area contributed by atoms with E-state index in [-0.39, 0.29) is 11.9 Å². The number of hydrogen-bond acceptors (Lipinski definition) is 2. The van der Waals surface area contributed by atoms with Gasteiger partial charge in [0.2, 0.25) is 0 Å². The van der Waals surface area contributed by atoms with Gasteiger partial charge in [0, 0.05) is 24.9 Å². The monoisotopic (exact) mass is 286 g/mol. The average Bonchev–Trinajstić information content (AvgIpc) is 2.83. The molecule has 2 aliphatic rings. The SMILES string of the molecule is C=CCCC(C(=C)NC)N1CC2=CC(CC)CC=C2C1=O. The lowest BCUT2D eigenvalue weighted by Gasteiger charge is -2.28. The normalized spacial score (nSPS) is 22.3. The van der Waals surface area contributed by atoms with E-state index in [4.69, 9.17) is 0 Å². The highest BCUT2D eigenvalue weighted by atomic mass is 16.2. The highest BCUT2D eigenvalue weighted by Gasteiger charge is 2.37. The zero-order valence-corrected chi connectivity index (χ0v) is 13.2. The van der Waals surface area contributed by atoms with E-state index in [0.717, 1.165) is 37.0 Å². The van der Waals surface area contributed by atoms with Crippen molar-refractivity contribution in [3.63, 3.8) is 0 Å². The summed E-state index contributed by atoms with van der Waals surface area (Å²) < 4.78 is 0. The number of nitrogens with zero attached hydrogens (tertiary/aromatic N) is 1. The summed E-state index contributed by atoms with van der Waals surface area (Å²) in [5.74, 6) is 0.733. The first-order valence-corrected chi connectivity index (χ1v) is 7.82. The van der Waals surface area contributed by atoms with Crippen molar-refractivity contribution in [2.75, 3.05) is 13.6 Å². The molecule has 0 radical (unpaired) electrons. The number of fused-ring (bicyclic) bond motifs is 1. The predicted octanol–water partition coefficient (Wildman–Crippen LogP) is 3.18. The Bertz CT molecular complexity index is 501. The van der Waals surface area contributed by atoms with Crippen LogP contribution in [0.1, 0.15) is 32.6 Å². The molecule has 0 aromatic carbocycles. The van der Waals surface area contributed by atoms with E-state index in [0.29, 0.717) is 12.5 Å². The maximum Gasteiger partial charge on any atom is 0.254 e. The summed E-state index contributed by atoms with van der Waals surface area (Å²) in [6.45, 7) is 10.8. The third-order valence-electron chi connectivity index (χ3n) is 4.51. The number of nitrogens with one attached hydrogen (secondary N) is 1. The van der Waals surface area contributed by atoms with E-state index < -0.39 is 0 Å². The van der Waals surface area contributed by atoms with Crippen molar-refractivity contribution in [2.24, 2.45) is 5.92 Å². The summed E-state index contributed by atoms with van der Waals surface area (Å²) in [6, 6.07) is 0.0352. The molecular formula is C18H26N2O. The number of likely N-dealkylation sites (N-methyl/N-ethyl adjacent to an activating group) is 1. The minimum atomic E-state index is 0.0352. The van der Waals surface area contributed by atoms with E-state index in [9.17, 15) is 4.79 Å². The second kappa shape index (κ2) is 6.79. The first kappa shape index (κ1) is 15.6. The van der Waals surface area contributed by atoms with Crippen LogP contribution in [0.5, 0.6) is 0 Å². The molecule has 1 heterocycles. The number of carbonyl (C=O) groups is 1. The highest BCUT2D eigenvalue weighted by molar-refractivity contribution is 6.02. The molecule has 0 aromatic heterocycles. The Morgan fingerprint density at radius 1 is 1.62 bits per heavy atom. The molecule has 1 aliphatic heterocycles. The van der Waals surface area contributed by atoms with Gasteiger partial charge in [-0.2, -0.15) is 0 Å². The molecule has 1 N–H and O–H groups in total. The van der Waals surface area contributed by atoms with Gasteiger partial charge in [-0.15, -0.1) is 6.58 Å². The van der Waals surface area contributed by atoms with Crippen LogP contribution < -0.4 is 5.32 Å².